The summed E-state index contributed by atoms with van der Waals surface area (Å²) in [6.07, 6.45) is 0.975. The van der Waals surface area contributed by atoms with Crippen LogP contribution in [0.4, 0.5) is 0 Å². The summed E-state index contributed by atoms with van der Waals surface area (Å²) in [5.74, 6) is -0.387. The number of morpholine rings is 1. The molecule has 0 bridgehead atoms. The maximum Gasteiger partial charge on any atom is 0.256 e. The monoisotopic (exact) mass is 472 g/mol. The molecule has 1 N–H and O–H groups in total. The van der Waals surface area contributed by atoms with Gasteiger partial charge in [0.05, 0.1) is 19.8 Å². The number of likely N-dealkylation sites (tertiary alicyclic amines) is 1. The van der Waals surface area contributed by atoms with Crippen molar-refractivity contribution in [1.29, 1.82) is 0 Å². The molecule has 1 atom stereocenters. The maximum absolute atomic E-state index is 13.6. The number of benzene rings is 1. The van der Waals surface area contributed by atoms with Gasteiger partial charge in [0.15, 0.2) is 0 Å². The second-order valence-electron chi connectivity index (χ2n) is 9.54. The normalized spacial score (nSPS) is 22.9. The van der Waals surface area contributed by atoms with Crippen LogP contribution < -0.4 is 5.32 Å². The van der Waals surface area contributed by atoms with Crippen molar-refractivity contribution in [2.45, 2.75) is 38.5 Å². The fourth-order valence-corrected chi connectivity index (χ4v) is 5.01. The van der Waals surface area contributed by atoms with Crippen LogP contribution in [-0.4, -0.2) is 103 Å². The summed E-state index contributed by atoms with van der Waals surface area (Å²) in [7, 11) is 0. The minimum absolute atomic E-state index is 0.0782. The zero-order valence-electron chi connectivity index (χ0n) is 20.2. The van der Waals surface area contributed by atoms with E-state index < -0.39 is 11.8 Å². The van der Waals surface area contributed by atoms with E-state index in [4.69, 9.17) is 9.47 Å². The number of nitrogens with one attached hydrogen (secondary N) is 1. The predicted molar refractivity (Wildman–Crippen MR) is 126 cm³/mol. The van der Waals surface area contributed by atoms with Gasteiger partial charge in [0.25, 0.3) is 5.91 Å². The van der Waals surface area contributed by atoms with E-state index >= 15 is 0 Å². The van der Waals surface area contributed by atoms with Crippen molar-refractivity contribution in [2.24, 2.45) is 5.92 Å². The lowest BCUT2D eigenvalue weighted by Crippen LogP contribution is -2.60. The molecule has 1 spiro atoms. The Morgan fingerprint density at radius 1 is 1.06 bits per heavy atom. The molecule has 0 saturated carbocycles. The quantitative estimate of drug-likeness (QED) is 0.663. The summed E-state index contributed by atoms with van der Waals surface area (Å²) in [4.78, 5) is 45.1. The standard InChI is InChI=1S/C25H36N4O5/c1-19(2)23(31)28-11-8-25(9-12-28)29(24(32)20-6-4-3-5-7-20)21(18-34-25)22(30)26-10-13-27-14-16-33-17-15-27/h3-7,19,21H,8-18H2,1-2H3,(H,26,30). The lowest BCUT2D eigenvalue weighted by atomic mass is 9.95. The summed E-state index contributed by atoms with van der Waals surface area (Å²) < 4.78 is 11.6. The number of amides is 3. The second-order valence-corrected chi connectivity index (χ2v) is 9.54. The summed E-state index contributed by atoms with van der Waals surface area (Å²) in [6.45, 7) is 9.32. The van der Waals surface area contributed by atoms with Gasteiger partial charge in [-0.05, 0) is 12.1 Å². The van der Waals surface area contributed by atoms with Crippen LogP contribution in [0.15, 0.2) is 30.3 Å². The summed E-state index contributed by atoms with van der Waals surface area (Å²) in [6, 6.07) is 8.32. The first-order valence-corrected chi connectivity index (χ1v) is 12.3. The largest absolute Gasteiger partial charge is 0.379 e. The molecule has 1 aromatic carbocycles. The molecule has 3 aliphatic rings. The Morgan fingerprint density at radius 2 is 1.74 bits per heavy atom. The lowest BCUT2D eigenvalue weighted by Gasteiger charge is -2.44. The van der Waals surface area contributed by atoms with E-state index in [1.807, 2.05) is 36.9 Å². The number of nitrogens with zero attached hydrogens (tertiary/aromatic N) is 3. The van der Waals surface area contributed by atoms with Crippen molar-refractivity contribution < 1.29 is 23.9 Å². The maximum atomic E-state index is 13.6. The van der Waals surface area contributed by atoms with Gasteiger partial charge in [-0.1, -0.05) is 32.0 Å². The van der Waals surface area contributed by atoms with Crippen LogP contribution >= 0.6 is 0 Å². The third-order valence-electron chi connectivity index (χ3n) is 6.98. The highest BCUT2D eigenvalue weighted by Crippen LogP contribution is 2.38. The van der Waals surface area contributed by atoms with Gasteiger partial charge < -0.3 is 19.7 Å². The van der Waals surface area contributed by atoms with Crippen molar-refractivity contribution in [1.82, 2.24) is 20.0 Å². The van der Waals surface area contributed by atoms with E-state index in [1.54, 1.807) is 17.0 Å². The Balaban J connectivity index is 1.47. The number of ether oxygens (including phenoxy) is 2. The Labute approximate surface area is 201 Å². The van der Waals surface area contributed by atoms with Gasteiger partial charge >= 0.3 is 0 Å². The molecule has 3 fully saturated rings. The molecule has 1 unspecified atom stereocenters. The van der Waals surface area contributed by atoms with E-state index in [2.05, 4.69) is 10.2 Å². The minimum Gasteiger partial charge on any atom is -0.379 e. The van der Waals surface area contributed by atoms with E-state index in [0.29, 0.717) is 51.3 Å². The highest BCUT2D eigenvalue weighted by molar-refractivity contribution is 5.98. The molecule has 3 aliphatic heterocycles. The lowest BCUT2D eigenvalue weighted by molar-refractivity contribution is -0.146. The summed E-state index contributed by atoms with van der Waals surface area (Å²) in [5, 5.41) is 3.01. The van der Waals surface area contributed by atoms with Gasteiger partial charge in [-0.25, -0.2) is 0 Å². The summed E-state index contributed by atoms with van der Waals surface area (Å²) >= 11 is 0. The average molecular weight is 473 g/mol. The van der Waals surface area contributed by atoms with Crippen LogP contribution in [0.25, 0.3) is 0 Å². The van der Waals surface area contributed by atoms with Gasteiger partial charge in [-0.2, -0.15) is 0 Å². The van der Waals surface area contributed by atoms with Gasteiger partial charge in [0.2, 0.25) is 11.8 Å². The molecule has 9 nitrogen and oxygen atoms in total. The first-order valence-electron chi connectivity index (χ1n) is 12.3. The van der Waals surface area contributed by atoms with E-state index in [0.717, 1.165) is 19.6 Å². The molecule has 4 rings (SSSR count). The van der Waals surface area contributed by atoms with Gasteiger partial charge in [-0.15, -0.1) is 0 Å². The Kier molecular flexibility index (Phi) is 7.85. The molecule has 3 saturated heterocycles. The van der Waals surface area contributed by atoms with Crippen molar-refractivity contribution in [3.63, 3.8) is 0 Å². The number of hydrogen-bond acceptors (Lipinski definition) is 6. The zero-order valence-corrected chi connectivity index (χ0v) is 20.2. The highest BCUT2D eigenvalue weighted by Gasteiger charge is 2.54. The average Bonchev–Trinajstić information content (AvgIpc) is 3.23. The fourth-order valence-electron chi connectivity index (χ4n) is 5.01. The SMILES string of the molecule is CC(C)C(=O)N1CCC2(CC1)OCC(C(=O)NCCN1CCOCC1)N2C(=O)c1ccccc1. The third kappa shape index (κ3) is 5.26. The molecule has 0 radical (unpaired) electrons. The topological polar surface area (TPSA) is 91.4 Å². The number of carbonyl (C=O) groups is 3. The first-order chi connectivity index (χ1) is 16.4. The third-order valence-corrected chi connectivity index (χ3v) is 6.98. The van der Waals surface area contributed by atoms with Crippen LogP contribution in [0.5, 0.6) is 0 Å². The smallest absolute Gasteiger partial charge is 0.256 e. The van der Waals surface area contributed by atoms with Gasteiger partial charge in [0.1, 0.15) is 11.8 Å². The Morgan fingerprint density at radius 3 is 2.38 bits per heavy atom. The van der Waals surface area contributed by atoms with Crippen LogP contribution in [0, 0.1) is 5.92 Å². The van der Waals surface area contributed by atoms with Crippen molar-refractivity contribution in [3.8, 4) is 0 Å². The molecular formula is C25H36N4O5. The van der Waals surface area contributed by atoms with Gasteiger partial charge in [0, 0.05) is 63.6 Å². The predicted octanol–water partition coefficient (Wildman–Crippen LogP) is 0.951. The molecule has 186 valence electrons. The number of hydrogen-bond donors (Lipinski definition) is 1. The van der Waals surface area contributed by atoms with Crippen molar-refractivity contribution in [2.75, 3.05) is 59.1 Å². The molecule has 1 aromatic rings. The van der Waals surface area contributed by atoms with E-state index in [1.165, 1.54) is 0 Å². The molecule has 34 heavy (non-hydrogen) atoms. The van der Waals surface area contributed by atoms with Crippen molar-refractivity contribution in [3.05, 3.63) is 35.9 Å². The van der Waals surface area contributed by atoms with Crippen LogP contribution in [0.1, 0.15) is 37.0 Å². The summed E-state index contributed by atoms with van der Waals surface area (Å²) in [5.41, 5.74) is -0.355. The molecule has 3 amide bonds. The molecule has 0 aliphatic carbocycles. The Hall–Kier alpha value is -2.49. The van der Waals surface area contributed by atoms with Crippen LogP contribution in [0.3, 0.4) is 0 Å². The van der Waals surface area contributed by atoms with Gasteiger partial charge in [-0.3, -0.25) is 24.2 Å². The van der Waals surface area contributed by atoms with Crippen LogP contribution in [0.2, 0.25) is 0 Å². The van der Waals surface area contributed by atoms with E-state index in [-0.39, 0.29) is 30.2 Å². The molecule has 0 aromatic heterocycles. The minimum atomic E-state index is -0.882. The Bertz CT molecular complexity index is 863. The molecular weight excluding hydrogens is 436 g/mol. The van der Waals surface area contributed by atoms with E-state index in [9.17, 15) is 14.4 Å². The first kappa shape index (κ1) is 24.6. The fraction of sp³-hybridized carbons (Fsp3) is 0.640. The molecule has 3 heterocycles. The number of rotatable bonds is 6. The highest BCUT2D eigenvalue weighted by atomic mass is 16.5. The second kappa shape index (κ2) is 10.8. The van der Waals surface area contributed by atoms with Crippen molar-refractivity contribution >= 4 is 17.7 Å². The number of carbonyl (C=O) groups excluding carboxylic acids is 3. The number of piperidine rings is 1. The zero-order chi connectivity index (χ0) is 24.1. The molecule has 9 heteroatoms. The van der Waals surface area contributed by atoms with Crippen LogP contribution in [-0.2, 0) is 19.1 Å².